The largest absolute Gasteiger partial charge is 0.477 e. The summed E-state index contributed by atoms with van der Waals surface area (Å²) >= 11 is 6.30. The van der Waals surface area contributed by atoms with Gasteiger partial charge in [-0.3, -0.25) is 0 Å². The van der Waals surface area contributed by atoms with Crippen LogP contribution in [0.2, 0.25) is 0 Å². The maximum absolute atomic E-state index is 9.97. The molecule has 1 saturated heterocycles. The number of hydrogen-bond donors (Lipinski definition) is 1. The molecule has 4 nitrogen and oxygen atoms in total. The van der Waals surface area contributed by atoms with Gasteiger partial charge in [0.25, 0.3) is 0 Å². The van der Waals surface area contributed by atoms with Crippen LogP contribution in [-0.2, 0) is 14.2 Å². The number of hydrogen-bond acceptors (Lipinski definition) is 6. The van der Waals surface area contributed by atoms with E-state index in [1.54, 1.807) is 0 Å². The molecule has 1 aliphatic heterocycles. The molecule has 0 aromatic carbocycles. The van der Waals surface area contributed by atoms with E-state index in [0.29, 0.717) is 30.6 Å². The van der Waals surface area contributed by atoms with Gasteiger partial charge in [-0.05, 0) is 26.1 Å². The van der Waals surface area contributed by atoms with E-state index in [1.807, 2.05) is 13.8 Å². The smallest absolute Gasteiger partial charge is 0.220 e. The van der Waals surface area contributed by atoms with Crippen LogP contribution in [0.3, 0.4) is 0 Å². The van der Waals surface area contributed by atoms with Crippen LogP contribution in [0.4, 0.5) is 0 Å². The normalized spacial score (nSPS) is 22.5. The predicted molar refractivity (Wildman–Crippen MR) is 67.6 cm³/mol. The highest BCUT2D eigenvalue weighted by Crippen LogP contribution is 2.27. The molecule has 16 heavy (non-hydrogen) atoms. The molecule has 0 radical (unpaired) electrons. The van der Waals surface area contributed by atoms with Crippen LogP contribution in [0.15, 0.2) is 0 Å². The van der Waals surface area contributed by atoms with Crippen molar-refractivity contribution in [3.05, 3.63) is 0 Å². The maximum Gasteiger partial charge on any atom is 0.220 e. The van der Waals surface area contributed by atoms with Crippen molar-refractivity contribution < 1.29 is 19.3 Å². The molecule has 0 spiro atoms. The van der Waals surface area contributed by atoms with Crippen LogP contribution < -0.4 is 0 Å². The fraction of sp³-hybridized carbons (Fsp3) is 0.900. The fourth-order valence-corrected chi connectivity index (χ4v) is 2.66. The minimum absolute atomic E-state index is 0.00378. The van der Waals surface area contributed by atoms with Gasteiger partial charge in [0.2, 0.25) is 4.38 Å². The maximum atomic E-state index is 9.97. The Morgan fingerprint density at radius 2 is 2.12 bits per heavy atom. The van der Waals surface area contributed by atoms with Crippen molar-refractivity contribution in [2.75, 3.05) is 19.8 Å². The molecule has 1 heterocycles. The third-order valence-electron chi connectivity index (χ3n) is 2.18. The van der Waals surface area contributed by atoms with Crippen molar-refractivity contribution >= 4 is 28.4 Å². The summed E-state index contributed by atoms with van der Waals surface area (Å²) in [5.74, 6) is 0. The third-order valence-corrected chi connectivity index (χ3v) is 3.65. The number of aliphatic hydroxyl groups is 1. The first-order chi connectivity index (χ1) is 7.67. The second-order valence-corrected chi connectivity index (χ2v) is 5.20. The second-order valence-electron chi connectivity index (χ2n) is 3.36. The quantitative estimate of drug-likeness (QED) is 0.557. The first-order valence-electron chi connectivity index (χ1n) is 5.42. The molecule has 1 N–H and O–H groups in total. The van der Waals surface area contributed by atoms with E-state index in [0.717, 1.165) is 0 Å². The van der Waals surface area contributed by atoms with Gasteiger partial charge in [0.15, 0.2) is 6.29 Å². The lowest BCUT2D eigenvalue weighted by Gasteiger charge is -2.22. The SMILES string of the molecule is CCOC(CC(O)[C@H]1COC(=S)S1)OCC. The Morgan fingerprint density at radius 3 is 2.56 bits per heavy atom. The van der Waals surface area contributed by atoms with Crippen LogP contribution >= 0.6 is 24.0 Å². The zero-order chi connectivity index (χ0) is 12.0. The van der Waals surface area contributed by atoms with Gasteiger partial charge in [-0.25, -0.2) is 0 Å². The van der Waals surface area contributed by atoms with E-state index < -0.39 is 6.10 Å². The molecule has 1 fully saturated rings. The molecule has 0 aromatic rings. The van der Waals surface area contributed by atoms with Gasteiger partial charge in [0.1, 0.15) is 6.61 Å². The van der Waals surface area contributed by atoms with Crippen LogP contribution in [0.1, 0.15) is 20.3 Å². The van der Waals surface area contributed by atoms with Crippen molar-refractivity contribution in [1.82, 2.24) is 0 Å². The molecular formula is C10H18O4S2. The Hall–Kier alpha value is 0.120. The lowest BCUT2D eigenvalue weighted by molar-refractivity contribution is -0.152. The van der Waals surface area contributed by atoms with Gasteiger partial charge >= 0.3 is 0 Å². The average molecular weight is 266 g/mol. The van der Waals surface area contributed by atoms with Crippen molar-refractivity contribution in [2.24, 2.45) is 0 Å². The summed E-state index contributed by atoms with van der Waals surface area (Å²) in [5, 5.41) is 9.97. The van der Waals surface area contributed by atoms with Gasteiger partial charge in [-0.15, -0.1) is 0 Å². The summed E-state index contributed by atoms with van der Waals surface area (Å²) in [5.41, 5.74) is 0. The Bertz CT molecular complexity index is 219. The number of thiocarbonyl (C=S) groups is 1. The molecule has 0 saturated carbocycles. The molecule has 0 bridgehead atoms. The van der Waals surface area contributed by atoms with E-state index >= 15 is 0 Å². The van der Waals surface area contributed by atoms with Crippen LogP contribution in [-0.4, -0.2) is 47.0 Å². The van der Waals surface area contributed by atoms with Crippen LogP contribution in [0.25, 0.3) is 0 Å². The molecule has 1 unspecified atom stereocenters. The van der Waals surface area contributed by atoms with Crippen molar-refractivity contribution in [2.45, 2.75) is 37.9 Å². The monoisotopic (exact) mass is 266 g/mol. The van der Waals surface area contributed by atoms with E-state index in [4.69, 9.17) is 26.4 Å². The van der Waals surface area contributed by atoms with Gasteiger partial charge in [0, 0.05) is 19.6 Å². The highest BCUT2D eigenvalue weighted by molar-refractivity contribution is 8.23. The zero-order valence-corrected chi connectivity index (χ0v) is 11.2. The van der Waals surface area contributed by atoms with Crippen molar-refractivity contribution in [1.29, 1.82) is 0 Å². The molecule has 94 valence electrons. The highest BCUT2D eigenvalue weighted by Gasteiger charge is 2.30. The van der Waals surface area contributed by atoms with Gasteiger partial charge in [-0.2, -0.15) is 0 Å². The standard InChI is InChI=1S/C10H18O4S2/c1-3-12-9(13-4-2)5-7(11)8-6-14-10(15)16-8/h7-9,11H,3-6H2,1-2H3/t7?,8-/m1/s1. The van der Waals surface area contributed by atoms with E-state index in [1.165, 1.54) is 11.8 Å². The lowest BCUT2D eigenvalue weighted by atomic mass is 10.2. The van der Waals surface area contributed by atoms with Gasteiger partial charge in [-0.1, -0.05) is 11.8 Å². The summed E-state index contributed by atoms with van der Waals surface area (Å²) < 4.78 is 16.4. The first kappa shape index (κ1) is 14.2. The summed E-state index contributed by atoms with van der Waals surface area (Å²) in [7, 11) is 0. The first-order valence-corrected chi connectivity index (χ1v) is 6.70. The Kier molecular flexibility index (Phi) is 6.60. The van der Waals surface area contributed by atoms with Gasteiger partial charge in [0.05, 0.1) is 11.4 Å². The van der Waals surface area contributed by atoms with E-state index in [9.17, 15) is 5.11 Å². The third kappa shape index (κ3) is 4.55. The average Bonchev–Trinajstić information content (AvgIpc) is 2.65. The molecule has 1 rings (SSSR count). The van der Waals surface area contributed by atoms with E-state index in [2.05, 4.69) is 0 Å². The highest BCUT2D eigenvalue weighted by atomic mass is 32.2. The Balaban J connectivity index is 2.34. The minimum atomic E-state index is -0.520. The summed E-state index contributed by atoms with van der Waals surface area (Å²) in [6, 6.07) is 0. The fourth-order valence-electron chi connectivity index (χ4n) is 1.44. The summed E-state index contributed by atoms with van der Waals surface area (Å²) in [6.07, 6.45) is -0.418. The molecule has 0 aromatic heterocycles. The lowest BCUT2D eigenvalue weighted by Crippen LogP contribution is -2.31. The number of thioether (sulfide) groups is 1. The van der Waals surface area contributed by atoms with Crippen LogP contribution in [0.5, 0.6) is 0 Å². The second kappa shape index (κ2) is 7.45. The minimum Gasteiger partial charge on any atom is -0.477 e. The molecule has 1 aliphatic rings. The zero-order valence-electron chi connectivity index (χ0n) is 9.55. The Labute approximate surface area is 106 Å². The van der Waals surface area contributed by atoms with Gasteiger partial charge < -0.3 is 19.3 Å². The summed E-state index contributed by atoms with van der Waals surface area (Å²) in [6.45, 7) is 5.42. The number of rotatable bonds is 7. The Morgan fingerprint density at radius 1 is 1.50 bits per heavy atom. The van der Waals surface area contributed by atoms with E-state index in [-0.39, 0.29) is 11.5 Å². The predicted octanol–water partition coefficient (Wildman–Crippen LogP) is 1.55. The number of ether oxygens (including phenoxy) is 3. The molecule has 2 atom stereocenters. The topological polar surface area (TPSA) is 47.9 Å². The van der Waals surface area contributed by atoms with Crippen LogP contribution in [0, 0.1) is 0 Å². The molecular weight excluding hydrogens is 248 g/mol. The molecule has 6 heteroatoms. The van der Waals surface area contributed by atoms with Crippen molar-refractivity contribution in [3.63, 3.8) is 0 Å². The summed E-state index contributed by atoms with van der Waals surface area (Å²) in [4.78, 5) is 0. The molecule has 0 amide bonds. The number of aliphatic hydroxyl groups excluding tert-OH is 1. The molecule has 0 aliphatic carbocycles. The van der Waals surface area contributed by atoms with Crippen molar-refractivity contribution in [3.8, 4) is 0 Å².